The van der Waals surface area contributed by atoms with Crippen molar-refractivity contribution in [1.82, 2.24) is 24.5 Å². The lowest BCUT2D eigenvalue weighted by atomic mass is 9.99. The van der Waals surface area contributed by atoms with Crippen LogP contribution < -0.4 is 0 Å². The molecule has 0 aliphatic rings. The molecule has 11 aromatic rings. The summed E-state index contributed by atoms with van der Waals surface area (Å²) in [6, 6.07) is 78.2. The third-order valence-electron chi connectivity index (χ3n) is 11.3. The number of nitrogens with zero attached hydrogens (tertiary/aromatic N) is 5. The topological polar surface area (TPSA) is 56.5 Å². The van der Waals surface area contributed by atoms with Crippen molar-refractivity contribution in [3.63, 3.8) is 0 Å². The summed E-state index contributed by atoms with van der Waals surface area (Å²) in [7, 11) is 0. The maximum Gasteiger partial charge on any atom is 0.164 e. The fourth-order valence-electron chi connectivity index (χ4n) is 8.23. The second-order valence-corrected chi connectivity index (χ2v) is 15.1. The molecule has 3 aromatic heterocycles. The van der Waals surface area contributed by atoms with E-state index >= 15 is 0 Å². The molecule has 0 fully saturated rings. The molecule has 61 heavy (non-hydrogen) atoms. The largest absolute Gasteiger partial charge is 0.309 e. The fourth-order valence-corrected chi connectivity index (χ4v) is 8.23. The van der Waals surface area contributed by atoms with Crippen molar-refractivity contribution < 1.29 is 0 Å². The van der Waals surface area contributed by atoms with Crippen molar-refractivity contribution >= 4 is 21.8 Å². The predicted molar refractivity (Wildman–Crippen MR) is 250 cm³/mol. The third kappa shape index (κ3) is 6.94. The van der Waals surface area contributed by atoms with Crippen LogP contribution in [0.15, 0.2) is 224 Å². The highest BCUT2D eigenvalue weighted by Gasteiger charge is 2.14. The highest BCUT2D eigenvalue weighted by molar-refractivity contribution is 6.09. The Hall–Kier alpha value is -8.28. The second-order valence-electron chi connectivity index (χ2n) is 15.1. The Kier molecular flexibility index (Phi) is 9.10. The quantitative estimate of drug-likeness (QED) is 0.154. The van der Waals surface area contributed by atoms with E-state index in [2.05, 4.69) is 168 Å². The van der Waals surface area contributed by atoms with Gasteiger partial charge in [0.25, 0.3) is 0 Å². The van der Waals surface area contributed by atoms with Gasteiger partial charge in [-0.05, 0) is 70.8 Å². The molecule has 0 aliphatic heterocycles. The lowest BCUT2D eigenvalue weighted by molar-refractivity contribution is 1.07. The highest BCUT2D eigenvalue weighted by atomic mass is 15.0. The van der Waals surface area contributed by atoms with Crippen LogP contribution in [-0.4, -0.2) is 24.5 Å². The fraction of sp³-hybridized carbons (Fsp3) is 0. The van der Waals surface area contributed by atoms with Crippen LogP contribution in [0.5, 0.6) is 0 Å². The van der Waals surface area contributed by atoms with Crippen molar-refractivity contribution in [1.29, 1.82) is 0 Å². The third-order valence-corrected chi connectivity index (χ3v) is 11.3. The molecule has 286 valence electrons. The van der Waals surface area contributed by atoms with Gasteiger partial charge in [0.2, 0.25) is 0 Å². The maximum atomic E-state index is 5.18. The van der Waals surface area contributed by atoms with Gasteiger partial charge >= 0.3 is 0 Å². The van der Waals surface area contributed by atoms with Gasteiger partial charge in [-0.1, -0.05) is 176 Å². The molecule has 0 saturated heterocycles. The van der Waals surface area contributed by atoms with E-state index in [-0.39, 0.29) is 0 Å². The molecule has 8 aromatic carbocycles. The van der Waals surface area contributed by atoms with E-state index < -0.39 is 0 Å². The molecule has 3 heterocycles. The van der Waals surface area contributed by atoms with Gasteiger partial charge in [0.15, 0.2) is 17.5 Å². The average Bonchev–Trinajstić information content (AvgIpc) is 3.69. The molecule has 0 radical (unpaired) electrons. The molecule has 0 unspecified atom stereocenters. The van der Waals surface area contributed by atoms with Gasteiger partial charge in [0, 0.05) is 44.3 Å². The van der Waals surface area contributed by atoms with E-state index in [0.717, 1.165) is 67.1 Å². The van der Waals surface area contributed by atoms with E-state index in [0.29, 0.717) is 17.5 Å². The van der Waals surface area contributed by atoms with Gasteiger partial charge in [0.1, 0.15) is 0 Å². The van der Waals surface area contributed by atoms with E-state index in [9.17, 15) is 0 Å². The first-order valence-corrected chi connectivity index (χ1v) is 20.5. The smallest absolute Gasteiger partial charge is 0.164 e. The molecule has 5 heteroatoms. The Balaban J connectivity index is 0.861. The summed E-state index contributed by atoms with van der Waals surface area (Å²) in [6.45, 7) is 0. The number of rotatable bonds is 8. The number of para-hydroxylation sites is 2. The van der Waals surface area contributed by atoms with Crippen LogP contribution in [0.4, 0.5) is 0 Å². The molecule has 11 rings (SSSR count). The molecule has 0 N–H and O–H groups in total. The van der Waals surface area contributed by atoms with Crippen LogP contribution in [0.3, 0.4) is 0 Å². The van der Waals surface area contributed by atoms with Crippen LogP contribution >= 0.6 is 0 Å². The summed E-state index contributed by atoms with van der Waals surface area (Å²) >= 11 is 0. The number of hydrogen-bond donors (Lipinski definition) is 0. The summed E-state index contributed by atoms with van der Waals surface area (Å²) in [5.74, 6) is 1.93. The number of aromatic nitrogens is 5. The molecular formula is C56H37N5. The van der Waals surface area contributed by atoms with Gasteiger partial charge < -0.3 is 4.57 Å². The summed E-state index contributed by atoms with van der Waals surface area (Å²) in [5, 5.41) is 2.52. The van der Waals surface area contributed by atoms with Crippen molar-refractivity contribution in [3.05, 3.63) is 224 Å². The van der Waals surface area contributed by atoms with Crippen molar-refractivity contribution in [3.8, 4) is 84.6 Å². The van der Waals surface area contributed by atoms with Gasteiger partial charge in [-0.2, -0.15) is 0 Å². The van der Waals surface area contributed by atoms with Crippen LogP contribution in [0.1, 0.15) is 0 Å². The number of fused-ring (bicyclic) bond motifs is 3. The SMILES string of the molecule is c1ccc(-c2nc(-c3ccccc3)nc(-c3ccc(-c4cccc(-c5cccc(-c6cccc(-c7ccc(-n8c9ccccc9c9ccccc98)cc7)c6)n5)c4)cc3)n2)cc1. The molecule has 0 amide bonds. The highest BCUT2D eigenvalue weighted by Crippen LogP contribution is 2.34. The first-order valence-electron chi connectivity index (χ1n) is 20.5. The molecule has 0 saturated carbocycles. The van der Waals surface area contributed by atoms with E-state index in [1.165, 1.54) is 21.8 Å². The lowest BCUT2D eigenvalue weighted by Gasteiger charge is -2.11. The Morgan fingerprint density at radius 2 is 0.607 bits per heavy atom. The van der Waals surface area contributed by atoms with E-state index in [1.54, 1.807) is 0 Å². The molecule has 0 atom stereocenters. The monoisotopic (exact) mass is 779 g/mol. The minimum absolute atomic E-state index is 0.634. The van der Waals surface area contributed by atoms with Gasteiger partial charge in [-0.3, -0.25) is 0 Å². The maximum absolute atomic E-state index is 5.18. The first kappa shape index (κ1) is 35.8. The number of hydrogen-bond acceptors (Lipinski definition) is 4. The van der Waals surface area contributed by atoms with Gasteiger partial charge in [-0.15, -0.1) is 0 Å². The molecule has 5 nitrogen and oxygen atoms in total. The summed E-state index contributed by atoms with van der Waals surface area (Å²) in [5.41, 5.74) is 14.9. The summed E-state index contributed by atoms with van der Waals surface area (Å²) in [6.07, 6.45) is 0. The Labute approximate surface area is 354 Å². The van der Waals surface area contributed by atoms with E-state index in [1.807, 2.05) is 60.7 Å². The summed E-state index contributed by atoms with van der Waals surface area (Å²) < 4.78 is 2.35. The van der Waals surface area contributed by atoms with Crippen molar-refractivity contribution in [2.75, 3.05) is 0 Å². The predicted octanol–water partition coefficient (Wildman–Crippen LogP) is 14.0. The first-order chi connectivity index (χ1) is 30.2. The Morgan fingerprint density at radius 3 is 1.10 bits per heavy atom. The van der Waals surface area contributed by atoms with Crippen LogP contribution in [0, 0.1) is 0 Å². The molecule has 0 aliphatic carbocycles. The standard InChI is InChI=1S/C56H37N5/c1-3-14-40(15-4-1)54-58-55(41-16-5-2-6-17-41)60-56(59-54)42-30-28-38(29-31-42)43-18-11-20-45(36-43)50-24-13-25-51(57-50)46-21-12-19-44(37-46)39-32-34-47(35-33-39)61-52-26-9-7-22-48(52)49-23-8-10-27-53(49)61/h1-37H. The minimum atomic E-state index is 0.634. The molecule has 0 bridgehead atoms. The zero-order valence-electron chi connectivity index (χ0n) is 33.1. The van der Waals surface area contributed by atoms with Crippen LogP contribution in [-0.2, 0) is 0 Å². The van der Waals surface area contributed by atoms with Gasteiger partial charge in [-0.25, -0.2) is 19.9 Å². The van der Waals surface area contributed by atoms with Crippen LogP contribution in [0.25, 0.3) is 106 Å². The lowest BCUT2D eigenvalue weighted by Crippen LogP contribution is -2.00. The molecule has 0 spiro atoms. The Bertz CT molecular complexity index is 3230. The normalized spacial score (nSPS) is 11.3. The second kappa shape index (κ2) is 15.5. The average molecular weight is 780 g/mol. The summed E-state index contributed by atoms with van der Waals surface area (Å²) in [4.78, 5) is 19.8. The minimum Gasteiger partial charge on any atom is -0.309 e. The zero-order chi connectivity index (χ0) is 40.5. The van der Waals surface area contributed by atoms with Crippen LogP contribution in [0.2, 0.25) is 0 Å². The van der Waals surface area contributed by atoms with Gasteiger partial charge in [0.05, 0.1) is 22.4 Å². The number of pyridine rings is 1. The number of benzene rings is 8. The Morgan fingerprint density at radius 1 is 0.246 bits per heavy atom. The molecular weight excluding hydrogens is 743 g/mol. The van der Waals surface area contributed by atoms with Crippen molar-refractivity contribution in [2.45, 2.75) is 0 Å². The van der Waals surface area contributed by atoms with Crippen molar-refractivity contribution in [2.24, 2.45) is 0 Å². The van der Waals surface area contributed by atoms with E-state index in [4.69, 9.17) is 19.9 Å². The zero-order valence-corrected chi connectivity index (χ0v) is 33.1.